The van der Waals surface area contributed by atoms with Crippen molar-refractivity contribution < 1.29 is 4.79 Å². The predicted molar refractivity (Wildman–Crippen MR) is 95.0 cm³/mol. The van der Waals surface area contributed by atoms with Gasteiger partial charge in [-0.05, 0) is 86.0 Å². The van der Waals surface area contributed by atoms with Gasteiger partial charge >= 0.3 is 0 Å². The lowest BCUT2D eigenvalue weighted by Gasteiger charge is -2.58. The van der Waals surface area contributed by atoms with Crippen molar-refractivity contribution >= 4 is 5.78 Å². The van der Waals surface area contributed by atoms with Crippen LogP contribution in [-0.4, -0.2) is 5.78 Å². The summed E-state index contributed by atoms with van der Waals surface area (Å²) in [6, 6.07) is 0. The minimum atomic E-state index is 0.316. The van der Waals surface area contributed by atoms with E-state index in [0.29, 0.717) is 16.6 Å². The fraction of sp³-hybridized carbons (Fsp3) is 0.773. The van der Waals surface area contributed by atoms with Crippen LogP contribution < -0.4 is 0 Å². The lowest BCUT2D eigenvalue weighted by atomic mass is 9.46. The quantitative estimate of drug-likeness (QED) is 0.523. The Morgan fingerprint density at radius 2 is 1.91 bits per heavy atom. The number of carbonyl (C=O) groups is 1. The molecule has 0 N–H and O–H groups in total. The van der Waals surface area contributed by atoms with E-state index in [-0.39, 0.29) is 0 Å². The van der Waals surface area contributed by atoms with E-state index in [4.69, 9.17) is 0 Å². The monoisotopic (exact) mass is 312 g/mol. The number of hydrogen-bond acceptors (Lipinski definition) is 1. The molecule has 3 fully saturated rings. The molecule has 0 saturated heterocycles. The van der Waals surface area contributed by atoms with Gasteiger partial charge in [0.15, 0.2) is 5.78 Å². The van der Waals surface area contributed by atoms with Gasteiger partial charge in [0.05, 0.1) is 0 Å². The van der Waals surface area contributed by atoms with Crippen LogP contribution in [0.2, 0.25) is 0 Å². The largest absolute Gasteiger partial charge is 0.295 e. The van der Waals surface area contributed by atoms with Crippen LogP contribution >= 0.6 is 0 Å². The normalized spacial score (nSPS) is 51.0. The van der Waals surface area contributed by atoms with E-state index in [1.165, 1.54) is 37.7 Å². The van der Waals surface area contributed by atoms with Gasteiger partial charge in [0.2, 0.25) is 0 Å². The topological polar surface area (TPSA) is 17.1 Å². The second-order valence-corrected chi connectivity index (χ2v) is 9.34. The summed E-state index contributed by atoms with van der Waals surface area (Å²) in [5.41, 5.74) is 4.00. The summed E-state index contributed by atoms with van der Waals surface area (Å²) < 4.78 is 0. The molecule has 1 heteroatoms. The third kappa shape index (κ3) is 2.01. The van der Waals surface area contributed by atoms with Crippen molar-refractivity contribution in [3.05, 3.63) is 23.3 Å². The molecule has 0 spiro atoms. The smallest absolute Gasteiger partial charge is 0.155 e. The molecule has 0 bridgehead atoms. The molecule has 6 atom stereocenters. The van der Waals surface area contributed by atoms with Crippen LogP contribution in [-0.2, 0) is 4.79 Å². The fourth-order valence-corrected chi connectivity index (χ4v) is 7.39. The zero-order valence-corrected chi connectivity index (χ0v) is 15.3. The first-order valence-corrected chi connectivity index (χ1v) is 9.79. The molecule has 4 aliphatic carbocycles. The van der Waals surface area contributed by atoms with Gasteiger partial charge in [-0.1, -0.05) is 38.0 Å². The summed E-state index contributed by atoms with van der Waals surface area (Å²) in [6.07, 6.45) is 12.9. The van der Waals surface area contributed by atoms with Crippen molar-refractivity contribution in [2.45, 2.75) is 72.6 Å². The first-order valence-electron chi connectivity index (χ1n) is 9.79. The minimum absolute atomic E-state index is 0.316. The summed E-state index contributed by atoms with van der Waals surface area (Å²) in [4.78, 5) is 11.9. The Hall–Kier alpha value is -0.850. The van der Waals surface area contributed by atoms with Crippen molar-refractivity contribution in [3.8, 4) is 0 Å². The predicted octanol–water partition coefficient (Wildman–Crippen LogP) is 5.71. The van der Waals surface area contributed by atoms with Crippen LogP contribution in [0, 0.1) is 34.5 Å². The van der Waals surface area contributed by atoms with Gasteiger partial charge in [-0.2, -0.15) is 0 Å². The Bertz CT molecular complexity index is 597. The molecule has 1 nitrogen and oxygen atoms in total. The molecule has 126 valence electrons. The molecule has 0 aromatic heterocycles. The maximum absolute atomic E-state index is 11.9. The SMILES string of the molecule is CC=C1C[C@H](C)[C@H]2[C@@H]3CCC4=CC(=O)CC[C@]4(C)[C@H]3CC[C@]12C. The highest BCUT2D eigenvalue weighted by Gasteiger charge is 2.59. The Morgan fingerprint density at radius 3 is 2.65 bits per heavy atom. The van der Waals surface area contributed by atoms with Crippen LogP contribution in [0.5, 0.6) is 0 Å². The molecule has 0 amide bonds. The summed E-state index contributed by atoms with van der Waals surface area (Å²) >= 11 is 0. The Kier molecular flexibility index (Phi) is 3.45. The van der Waals surface area contributed by atoms with Crippen LogP contribution in [0.4, 0.5) is 0 Å². The number of rotatable bonds is 0. The second kappa shape index (κ2) is 5.07. The molecule has 0 radical (unpaired) electrons. The summed E-state index contributed by atoms with van der Waals surface area (Å²) in [6.45, 7) is 9.79. The molecule has 0 aliphatic heterocycles. The first-order chi connectivity index (χ1) is 10.9. The second-order valence-electron chi connectivity index (χ2n) is 9.34. The van der Waals surface area contributed by atoms with E-state index >= 15 is 0 Å². The highest BCUT2D eigenvalue weighted by Crippen LogP contribution is 2.67. The minimum Gasteiger partial charge on any atom is -0.295 e. The maximum atomic E-state index is 11.9. The average molecular weight is 312 g/mol. The van der Waals surface area contributed by atoms with E-state index in [2.05, 4.69) is 33.8 Å². The summed E-state index contributed by atoms with van der Waals surface area (Å²) in [5.74, 6) is 3.76. The molecule has 4 rings (SSSR count). The number of hydrogen-bond donors (Lipinski definition) is 0. The van der Waals surface area contributed by atoms with Gasteiger partial charge in [0.25, 0.3) is 0 Å². The zero-order chi connectivity index (χ0) is 16.4. The van der Waals surface area contributed by atoms with Gasteiger partial charge in [-0.15, -0.1) is 0 Å². The molecular formula is C22H32O. The standard InChI is InChI=1S/C22H32O/c1-5-15-12-14(2)20-18-7-6-16-13-17(23)8-10-21(16,3)19(18)9-11-22(15,20)4/h5,13-14,18-20H,6-12H2,1-4H3/t14-,18+,19-,20-,21-,22+/m0/s1. The van der Waals surface area contributed by atoms with Gasteiger partial charge in [-0.25, -0.2) is 0 Å². The van der Waals surface area contributed by atoms with Crippen molar-refractivity contribution in [1.82, 2.24) is 0 Å². The van der Waals surface area contributed by atoms with Crippen molar-refractivity contribution in [1.29, 1.82) is 0 Å². The van der Waals surface area contributed by atoms with E-state index in [1.54, 1.807) is 5.57 Å². The maximum Gasteiger partial charge on any atom is 0.155 e. The summed E-state index contributed by atoms with van der Waals surface area (Å²) in [5, 5.41) is 0. The molecule has 4 aliphatic rings. The Morgan fingerprint density at radius 1 is 1.13 bits per heavy atom. The summed E-state index contributed by atoms with van der Waals surface area (Å²) in [7, 11) is 0. The lowest BCUT2D eigenvalue weighted by molar-refractivity contribution is -0.117. The van der Waals surface area contributed by atoms with E-state index in [1.807, 2.05) is 6.08 Å². The number of ketones is 1. The van der Waals surface area contributed by atoms with Crippen molar-refractivity contribution in [2.24, 2.45) is 34.5 Å². The Labute approximate surface area is 141 Å². The van der Waals surface area contributed by atoms with E-state index < -0.39 is 0 Å². The number of carbonyl (C=O) groups excluding carboxylic acids is 1. The number of fused-ring (bicyclic) bond motifs is 5. The fourth-order valence-electron chi connectivity index (χ4n) is 7.39. The van der Waals surface area contributed by atoms with Gasteiger partial charge in [0, 0.05) is 6.42 Å². The first kappa shape index (κ1) is 15.7. The third-order valence-electron chi connectivity index (χ3n) is 8.45. The lowest BCUT2D eigenvalue weighted by Crippen LogP contribution is -2.50. The third-order valence-corrected chi connectivity index (χ3v) is 8.45. The highest BCUT2D eigenvalue weighted by molar-refractivity contribution is 5.91. The highest BCUT2D eigenvalue weighted by atomic mass is 16.1. The zero-order valence-electron chi connectivity index (χ0n) is 15.3. The van der Waals surface area contributed by atoms with Crippen LogP contribution in [0.15, 0.2) is 23.3 Å². The number of allylic oxidation sites excluding steroid dienone is 3. The average Bonchev–Trinajstić information content (AvgIpc) is 2.79. The van der Waals surface area contributed by atoms with Gasteiger partial charge in [0.1, 0.15) is 0 Å². The van der Waals surface area contributed by atoms with Crippen LogP contribution in [0.1, 0.15) is 72.6 Å². The van der Waals surface area contributed by atoms with Gasteiger partial charge in [-0.3, -0.25) is 4.79 Å². The van der Waals surface area contributed by atoms with Gasteiger partial charge < -0.3 is 0 Å². The molecular weight excluding hydrogens is 280 g/mol. The molecule has 0 aromatic carbocycles. The van der Waals surface area contributed by atoms with Crippen LogP contribution in [0.3, 0.4) is 0 Å². The van der Waals surface area contributed by atoms with Crippen LogP contribution in [0.25, 0.3) is 0 Å². The Balaban J connectivity index is 1.72. The van der Waals surface area contributed by atoms with E-state index in [0.717, 1.165) is 36.5 Å². The molecule has 0 aromatic rings. The molecule has 23 heavy (non-hydrogen) atoms. The molecule has 3 saturated carbocycles. The van der Waals surface area contributed by atoms with Crippen molar-refractivity contribution in [2.75, 3.05) is 0 Å². The van der Waals surface area contributed by atoms with E-state index in [9.17, 15) is 4.79 Å². The van der Waals surface area contributed by atoms with Crippen molar-refractivity contribution in [3.63, 3.8) is 0 Å². The molecule has 0 heterocycles. The molecule has 0 unspecified atom stereocenters.